The van der Waals surface area contributed by atoms with Gasteiger partial charge in [-0.15, -0.1) is 0 Å². The van der Waals surface area contributed by atoms with Crippen molar-refractivity contribution in [3.63, 3.8) is 0 Å². The number of esters is 1. The highest BCUT2D eigenvalue weighted by molar-refractivity contribution is 7.92. The summed E-state index contributed by atoms with van der Waals surface area (Å²) < 4.78 is 31.0. The summed E-state index contributed by atoms with van der Waals surface area (Å²) in [6.45, 7) is 2.86. The Morgan fingerprint density at radius 1 is 1.22 bits per heavy atom. The summed E-state index contributed by atoms with van der Waals surface area (Å²) in [7, 11) is -3.79. The second-order valence-corrected chi connectivity index (χ2v) is 8.35. The lowest BCUT2D eigenvalue weighted by Crippen LogP contribution is -2.42. The monoisotopic (exact) mass is 394 g/mol. The van der Waals surface area contributed by atoms with Gasteiger partial charge in [0.25, 0.3) is 5.91 Å². The molecule has 1 aromatic rings. The lowest BCUT2D eigenvalue weighted by molar-refractivity contribution is -0.153. The largest absolute Gasteiger partial charge is 0.452 e. The van der Waals surface area contributed by atoms with Crippen molar-refractivity contribution >= 4 is 28.0 Å². The highest BCUT2D eigenvalue weighted by Crippen LogP contribution is 2.17. The lowest BCUT2D eigenvalue weighted by atomic mass is 10.2. The molecule has 27 heavy (non-hydrogen) atoms. The van der Waals surface area contributed by atoms with Gasteiger partial charge in [0.15, 0.2) is 6.10 Å². The average Bonchev–Trinajstić information content (AvgIpc) is 3.12. The number of sulfonamides is 1. The molecule has 0 aliphatic heterocycles. The second kappa shape index (κ2) is 9.66. The zero-order chi connectivity index (χ0) is 19.9. The van der Waals surface area contributed by atoms with Crippen LogP contribution in [0.15, 0.2) is 29.7 Å². The minimum atomic E-state index is -3.79. The van der Waals surface area contributed by atoms with Crippen molar-refractivity contribution in [1.29, 1.82) is 0 Å². The Hall–Kier alpha value is -2.19. The summed E-state index contributed by atoms with van der Waals surface area (Å²) in [6, 6.07) is 7.45. The summed E-state index contributed by atoms with van der Waals surface area (Å²) in [4.78, 5) is 23.8. The van der Waals surface area contributed by atoms with Crippen LogP contribution in [0.2, 0.25) is 0 Å². The smallest absolute Gasteiger partial charge is 0.321 e. The zero-order valence-electron chi connectivity index (χ0n) is 15.6. The van der Waals surface area contributed by atoms with E-state index in [4.69, 9.17) is 4.74 Å². The molecular weight excluding hydrogens is 368 g/mol. The first-order chi connectivity index (χ1) is 12.7. The maximum Gasteiger partial charge on any atom is 0.321 e. The van der Waals surface area contributed by atoms with Gasteiger partial charge in [0.1, 0.15) is 6.54 Å². The molecule has 8 heteroatoms. The minimum Gasteiger partial charge on any atom is -0.452 e. The fourth-order valence-corrected chi connectivity index (χ4v) is 3.49. The summed E-state index contributed by atoms with van der Waals surface area (Å²) >= 11 is 0. The molecule has 1 aromatic carbocycles. The summed E-state index contributed by atoms with van der Waals surface area (Å²) in [5.41, 5.74) is 1.80. The molecule has 1 amide bonds. The quantitative estimate of drug-likeness (QED) is 0.656. The van der Waals surface area contributed by atoms with Gasteiger partial charge in [-0.1, -0.05) is 42.7 Å². The molecule has 0 unspecified atom stereocenters. The molecule has 1 saturated carbocycles. The van der Waals surface area contributed by atoms with Crippen LogP contribution in [-0.2, 0) is 24.3 Å². The van der Waals surface area contributed by atoms with E-state index in [0.717, 1.165) is 42.2 Å². The Morgan fingerprint density at radius 3 is 2.48 bits per heavy atom. The molecule has 1 aliphatic rings. The zero-order valence-corrected chi connectivity index (χ0v) is 16.4. The van der Waals surface area contributed by atoms with Gasteiger partial charge < -0.3 is 10.1 Å². The molecule has 0 aromatic heterocycles. The maximum absolute atomic E-state index is 12.0. The van der Waals surface area contributed by atoms with E-state index in [1.807, 2.05) is 19.1 Å². The predicted octanol–water partition coefficient (Wildman–Crippen LogP) is 1.88. The van der Waals surface area contributed by atoms with Crippen LogP contribution in [0.3, 0.4) is 0 Å². The summed E-state index contributed by atoms with van der Waals surface area (Å²) in [5.74, 6) is -1.17. The number of aryl methyl sites for hydroxylation is 1. The van der Waals surface area contributed by atoms with E-state index in [1.165, 1.54) is 13.0 Å². The maximum atomic E-state index is 12.0. The average molecular weight is 394 g/mol. The van der Waals surface area contributed by atoms with Gasteiger partial charge in [0, 0.05) is 11.4 Å². The van der Waals surface area contributed by atoms with Crippen LogP contribution in [0.5, 0.6) is 0 Å². The number of nitrogens with one attached hydrogen (secondary N) is 2. The standard InChI is InChI=1S/C19H26N2O5S/c1-14-7-9-16(10-8-14)11-12-27(24,25)20-13-18(22)26-15(2)19(23)21-17-5-3-4-6-17/h7-12,15,17,20H,3-6,13H2,1-2H3,(H,21,23)/b12-11+/t15-/m0/s1. The Balaban J connectivity index is 1.77. The predicted molar refractivity (Wildman–Crippen MR) is 103 cm³/mol. The van der Waals surface area contributed by atoms with Gasteiger partial charge >= 0.3 is 5.97 Å². The van der Waals surface area contributed by atoms with E-state index >= 15 is 0 Å². The van der Waals surface area contributed by atoms with Crippen LogP contribution < -0.4 is 10.0 Å². The molecule has 7 nitrogen and oxygen atoms in total. The van der Waals surface area contributed by atoms with Crippen molar-refractivity contribution in [3.8, 4) is 0 Å². The van der Waals surface area contributed by atoms with Gasteiger partial charge in [-0.2, -0.15) is 0 Å². The number of carbonyl (C=O) groups excluding carboxylic acids is 2. The Bertz CT molecular complexity index is 781. The first kappa shape index (κ1) is 21.1. The Kier molecular flexibility index (Phi) is 7.55. The molecule has 0 spiro atoms. The molecule has 2 N–H and O–H groups in total. The van der Waals surface area contributed by atoms with Crippen molar-refractivity contribution in [2.24, 2.45) is 0 Å². The van der Waals surface area contributed by atoms with E-state index in [1.54, 1.807) is 12.1 Å². The molecule has 0 radical (unpaired) electrons. The fourth-order valence-electron chi connectivity index (χ4n) is 2.73. The van der Waals surface area contributed by atoms with Crippen molar-refractivity contribution in [2.45, 2.75) is 51.7 Å². The van der Waals surface area contributed by atoms with Crippen LogP contribution in [0, 0.1) is 6.92 Å². The summed E-state index contributed by atoms with van der Waals surface area (Å²) in [5, 5.41) is 3.82. The molecule has 1 atom stereocenters. The Morgan fingerprint density at radius 2 is 1.85 bits per heavy atom. The van der Waals surface area contributed by atoms with Crippen molar-refractivity contribution in [2.75, 3.05) is 6.54 Å². The molecule has 0 saturated heterocycles. The molecule has 2 rings (SSSR count). The SMILES string of the molecule is Cc1ccc(/C=C/S(=O)(=O)NCC(=O)O[C@@H](C)C(=O)NC2CCCC2)cc1. The van der Waals surface area contributed by atoms with E-state index in [2.05, 4.69) is 10.0 Å². The van der Waals surface area contributed by atoms with Crippen LogP contribution >= 0.6 is 0 Å². The summed E-state index contributed by atoms with van der Waals surface area (Å²) in [6.07, 6.45) is 4.49. The third kappa shape index (κ3) is 7.52. The molecule has 0 heterocycles. The molecular formula is C19H26N2O5S. The lowest BCUT2D eigenvalue weighted by Gasteiger charge is -2.17. The van der Waals surface area contributed by atoms with E-state index in [0.29, 0.717) is 0 Å². The van der Waals surface area contributed by atoms with Crippen LogP contribution in [0.4, 0.5) is 0 Å². The first-order valence-corrected chi connectivity index (χ1v) is 10.5. The fraction of sp³-hybridized carbons (Fsp3) is 0.474. The van der Waals surface area contributed by atoms with Crippen LogP contribution in [-0.4, -0.2) is 39.0 Å². The Labute approximate surface area is 160 Å². The minimum absolute atomic E-state index is 0.129. The molecule has 148 valence electrons. The highest BCUT2D eigenvalue weighted by atomic mass is 32.2. The number of rotatable bonds is 8. The number of ether oxygens (including phenoxy) is 1. The number of amides is 1. The van der Waals surface area contributed by atoms with Crippen molar-refractivity contribution < 1.29 is 22.7 Å². The number of hydrogen-bond donors (Lipinski definition) is 2. The van der Waals surface area contributed by atoms with Gasteiger partial charge in [0.05, 0.1) is 0 Å². The number of benzene rings is 1. The topological polar surface area (TPSA) is 102 Å². The number of carbonyl (C=O) groups is 2. The first-order valence-electron chi connectivity index (χ1n) is 8.99. The van der Waals surface area contributed by atoms with Gasteiger partial charge in [0.2, 0.25) is 10.0 Å². The van der Waals surface area contributed by atoms with Gasteiger partial charge in [-0.25, -0.2) is 13.1 Å². The second-order valence-electron chi connectivity index (χ2n) is 6.70. The third-order valence-corrected chi connectivity index (χ3v) is 5.35. The van der Waals surface area contributed by atoms with Gasteiger partial charge in [-0.3, -0.25) is 9.59 Å². The highest BCUT2D eigenvalue weighted by Gasteiger charge is 2.23. The van der Waals surface area contributed by atoms with Gasteiger partial charge in [-0.05, 0) is 38.3 Å². The van der Waals surface area contributed by atoms with Crippen LogP contribution in [0.25, 0.3) is 6.08 Å². The normalized spacial score (nSPS) is 16.4. The third-order valence-electron chi connectivity index (χ3n) is 4.31. The van der Waals surface area contributed by atoms with E-state index in [-0.39, 0.29) is 11.9 Å². The number of hydrogen-bond acceptors (Lipinski definition) is 5. The van der Waals surface area contributed by atoms with Crippen molar-refractivity contribution in [1.82, 2.24) is 10.0 Å². The molecule has 0 bridgehead atoms. The van der Waals surface area contributed by atoms with E-state index < -0.39 is 28.6 Å². The molecule has 1 aliphatic carbocycles. The van der Waals surface area contributed by atoms with Crippen molar-refractivity contribution in [3.05, 3.63) is 40.8 Å². The molecule has 1 fully saturated rings. The van der Waals surface area contributed by atoms with E-state index in [9.17, 15) is 18.0 Å². The van der Waals surface area contributed by atoms with Crippen LogP contribution in [0.1, 0.15) is 43.7 Å².